The van der Waals surface area contributed by atoms with E-state index in [9.17, 15) is 9.18 Å². The van der Waals surface area contributed by atoms with E-state index in [1.54, 1.807) is 21.6 Å². The van der Waals surface area contributed by atoms with Gasteiger partial charge in [-0.15, -0.1) is 0 Å². The standard InChI is InChI=1S/C22H16ClF2N5O2/c23-12-4-3-10-19-17(32-20(10)18(12)25)2-1-5-29(19)22(31)11-6-15-14(7-13(11)24)28-21(26)16-8-27-9-30(15)16/h3-4,6-9,17,19H,1-2,5H2,(H2,26,28)/t17?,19-/m0/s1. The Hall–Kier alpha value is -3.46. The average Bonchev–Trinajstić information content (AvgIpc) is 3.41. The Morgan fingerprint density at radius 3 is 2.94 bits per heavy atom. The predicted octanol–water partition coefficient (Wildman–Crippen LogP) is 4.13. The molecule has 2 N–H and O–H groups in total. The van der Waals surface area contributed by atoms with Gasteiger partial charge < -0.3 is 15.4 Å². The minimum atomic E-state index is -0.711. The summed E-state index contributed by atoms with van der Waals surface area (Å²) < 4.78 is 37.1. The molecule has 1 amide bonds. The number of aromatic nitrogens is 3. The van der Waals surface area contributed by atoms with Crippen molar-refractivity contribution in [2.75, 3.05) is 12.3 Å². The monoisotopic (exact) mass is 455 g/mol. The number of halogens is 3. The van der Waals surface area contributed by atoms with E-state index >= 15 is 4.39 Å². The van der Waals surface area contributed by atoms with Crippen LogP contribution in [0.15, 0.2) is 36.8 Å². The fraction of sp³-hybridized carbons (Fsp3) is 0.227. The normalized spacial score (nSPS) is 19.8. The van der Waals surface area contributed by atoms with Gasteiger partial charge in [0.15, 0.2) is 11.6 Å². The summed E-state index contributed by atoms with van der Waals surface area (Å²) in [4.78, 5) is 23.4. The smallest absolute Gasteiger partial charge is 0.257 e. The largest absolute Gasteiger partial charge is 0.484 e. The number of hydrogen-bond donors (Lipinski definition) is 1. The molecule has 6 rings (SSSR count). The number of carbonyl (C=O) groups is 1. The van der Waals surface area contributed by atoms with Crippen molar-refractivity contribution in [2.24, 2.45) is 0 Å². The number of benzene rings is 2. The molecule has 2 aromatic heterocycles. The Balaban J connectivity index is 1.47. The number of nitrogens with zero attached hydrogens (tertiary/aromatic N) is 4. The van der Waals surface area contributed by atoms with Crippen LogP contribution in [-0.4, -0.2) is 37.8 Å². The summed E-state index contributed by atoms with van der Waals surface area (Å²) in [5.41, 5.74) is 7.74. The van der Waals surface area contributed by atoms with Crippen LogP contribution in [0, 0.1) is 11.6 Å². The highest BCUT2D eigenvalue weighted by molar-refractivity contribution is 6.30. The molecule has 4 aromatic rings. The van der Waals surface area contributed by atoms with Gasteiger partial charge in [-0.1, -0.05) is 17.7 Å². The zero-order chi connectivity index (χ0) is 22.1. The molecule has 4 heterocycles. The molecule has 2 aliphatic heterocycles. The van der Waals surface area contributed by atoms with Crippen LogP contribution in [0.2, 0.25) is 5.02 Å². The van der Waals surface area contributed by atoms with Gasteiger partial charge in [-0.2, -0.15) is 0 Å². The van der Waals surface area contributed by atoms with E-state index in [0.717, 1.165) is 0 Å². The van der Waals surface area contributed by atoms with Gasteiger partial charge in [-0.3, -0.25) is 9.20 Å². The molecule has 1 fully saturated rings. The number of likely N-dealkylation sites (tertiary alicyclic amines) is 1. The molecule has 0 spiro atoms. The molecule has 10 heteroatoms. The molecule has 0 saturated carbocycles. The van der Waals surface area contributed by atoms with Gasteiger partial charge in [0, 0.05) is 18.2 Å². The van der Waals surface area contributed by atoms with Crippen molar-refractivity contribution in [2.45, 2.75) is 25.0 Å². The number of amides is 1. The Kier molecular flexibility index (Phi) is 4.07. The first-order valence-electron chi connectivity index (χ1n) is 10.1. The Morgan fingerprint density at radius 2 is 2.09 bits per heavy atom. The van der Waals surface area contributed by atoms with Crippen LogP contribution in [0.4, 0.5) is 14.6 Å². The summed E-state index contributed by atoms with van der Waals surface area (Å²) in [6.45, 7) is 0.394. The lowest BCUT2D eigenvalue weighted by molar-refractivity contribution is 0.0357. The molecular weight excluding hydrogens is 440 g/mol. The third-order valence-electron chi connectivity index (χ3n) is 6.20. The number of rotatable bonds is 1. The average molecular weight is 456 g/mol. The molecule has 0 bridgehead atoms. The highest BCUT2D eigenvalue weighted by Crippen LogP contribution is 2.47. The Morgan fingerprint density at radius 1 is 1.25 bits per heavy atom. The number of fused-ring (bicyclic) bond motifs is 6. The van der Waals surface area contributed by atoms with Crippen molar-refractivity contribution < 1.29 is 18.3 Å². The lowest BCUT2D eigenvalue weighted by Crippen LogP contribution is -2.44. The molecule has 2 aliphatic rings. The number of nitrogens with two attached hydrogens (primary N) is 1. The van der Waals surface area contributed by atoms with Crippen LogP contribution in [-0.2, 0) is 0 Å². The molecular formula is C22H16ClF2N5O2. The highest BCUT2D eigenvalue weighted by Gasteiger charge is 2.45. The predicted molar refractivity (Wildman–Crippen MR) is 114 cm³/mol. The van der Waals surface area contributed by atoms with Crippen LogP contribution < -0.4 is 10.5 Å². The number of anilines is 1. The quantitative estimate of drug-likeness (QED) is 0.466. The van der Waals surface area contributed by atoms with Crippen LogP contribution in [0.25, 0.3) is 16.6 Å². The van der Waals surface area contributed by atoms with Gasteiger partial charge in [0.25, 0.3) is 5.91 Å². The number of nitrogen functional groups attached to an aromatic ring is 1. The van der Waals surface area contributed by atoms with Gasteiger partial charge in [0.05, 0.1) is 40.2 Å². The molecule has 32 heavy (non-hydrogen) atoms. The van der Waals surface area contributed by atoms with Crippen LogP contribution in [0.5, 0.6) is 5.75 Å². The zero-order valence-corrected chi connectivity index (χ0v) is 17.3. The van der Waals surface area contributed by atoms with Crippen molar-refractivity contribution in [1.29, 1.82) is 0 Å². The van der Waals surface area contributed by atoms with E-state index in [2.05, 4.69) is 9.97 Å². The summed E-state index contributed by atoms with van der Waals surface area (Å²) >= 11 is 5.90. The SMILES string of the molecule is Nc1nc2cc(F)c(C(=O)N3CCCC4Oc5c(ccc(Cl)c5F)[C@@H]43)cc2n2cncc12. The zero-order valence-electron chi connectivity index (χ0n) is 16.6. The van der Waals surface area contributed by atoms with E-state index < -0.39 is 29.7 Å². The second-order valence-corrected chi connectivity index (χ2v) is 8.40. The molecule has 162 valence electrons. The van der Waals surface area contributed by atoms with E-state index in [-0.39, 0.29) is 22.2 Å². The third-order valence-corrected chi connectivity index (χ3v) is 6.49. The lowest BCUT2D eigenvalue weighted by atomic mass is 9.93. The van der Waals surface area contributed by atoms with Crippen molar-refractivity contribution in [3.63, 3.8) is 0 Å². The van der Waals surface area contributed by atoms with E-state index in [4.69, 9.17) is 22.1 Å². The van der Waals surface area contributed by atoms with Gasteiger partial charge in [-0.25, -0.2) is 18.7 Å². The van der Waals surface area contributed by atoms with Crippen LogP contribution >= 0.6 is 11.6 Å². The summed E-state index contributed by atoms with van der Waals surface area (Å²) in [6, 6.07) is 5.23. The molecule has 0 radical (unpaired) electrons. The number of ether oxygens (including phenoxy) is 1. The third kappa shape index (κ3) is 2.60. The maximum absolute atomic E-state index is 15.1. The number of imidazole rings is 1. The second kappa shape index (κ2) is 6.77. The first-order chi connectivity index (χ1) is 15.4. The minimum Gasteiger partial charge on any atom is -0.484 e. The molecule has 1 saturated heterocycles. The topological polar surface area (TPSA) is 85.8 Å². The fourth-order valence-corrected chi connectivity index (χ4v) is 4.90. The van der Waals surface area contributed by atoms with Gasteiger partial charge in [-0.05, 0) is 25.0 Å². The number of hydrogen-bond acceptors (Lipinski definition) is 5. The van der Waals surface area contributed by atoms with Crippen molar-refractivity contribution in [1.82, 2.24) is 19.3 Å². The second-order valence-electron chi connectivity index (χ2n) is 7.99. The van der Waals surface area contributed by atoms with E-state index in [1.165, 1.54) is 24.5 Å². The summed E-state index contributed by atoms with van der Waals surface area (Å²) in [7, 11) is 0. The molecule has 1 unspecified atom stereocenters. The first-order valence-corrected chi connectivity index (χ1v) is 10.5. The molecule has 2 atom stereocenters. The van der Waals surface area contributed by atoms with Crippen molar-refractivity contribution in [3.05, 3.63) is 64.6 Å². The fourth-order valence-electron chi connectivity index (χ4n) is 4.75. The molecule has 2 aromatic carbocycles. The minimum absolute atomic E-state index is 0.0445. The molecule has 7 nitrogen and oxygen atoms in total. The van der Waals surface area contributed by atoms with E-state index in [0.29, 0.717) is 41.5 Å². The van der Waals surface area contributed by atoms with Gasteiger partial charge in [0.2, 0.25) is 0 Å². The summed E-state index contributed by atoms with van der Waals surface area (Å²) in [5.74, 6) is -1.58. The maximum Gasteiger partial charge on any atom is 0.257 e. The van der Waals surface area contributed by atoms with Crippen molar-refractivity contribution in [3.8, 4) is 5.75 Å². The summed E-state index contributed by atoms with van der Waals surface area (Å²) in [5, 5.41) is -0.0445. The lowest BCUT2D eigenvalue weighted by Gasteiger charge is -2.36. The van der Waals surface area contributed by atoms with E-state index in [1.807, 2.05) is 0 Å². The maximum atomic E-state index is 15.1. The highest BCUT2D eigenvalue weighted by atomic mass is 35.5. The van der Waals surface area contributed by atoms with Gasteiger partial charge >= 0.3 is 0 Å². The van der Waals surface area contributed by atoms with Crippen molar-refractivity contribution >= 4 is 39.9 Å². The summed E-state index contributed by atoms with van der Waals surface area (Å²) in [6.07, 6.45) is 3.97. The van der Waals surface area contributed by atoms with Crippen LogP contribution in [0.1, 0.15) is 34.8 Å². The number of piperidine rings is 1. The van der Waals surface area contributed by atoms with Crippen LogP contribution in [0.3, 0.4) is 0 Å². The Labute approximate surface area is 185 Å². The number of carbonyl (C=O) groups excluding carboxylic acids is 1. The first kappa shape index (κ1) is 19.2. The molecule has 0 aliphatic carbocycles. The van der Waals surface area contributed by atoms with Gasteiger partial charge in [0.1, 0.15) is 23.3 Å². The Bertz CT molecular complexity index is 1440.